The minimum Gasteiger partial charge on any atom is -0.383 e. The Kier molecular flexibility index (Phi) is 2.97. The van der Waals surface area contributed by atoms with Gasteiger partial charge in [-0.1, -0.05) is 31.2 Å². The summed E-state index contributed by atoms with van der Waals surface area (Å²) in [6.07, 6.45) is 3.44. The quantitative estimate of drug-likeness (QED) is 0.911. The molecule has 0 radical (unpaired) electrons. The Labute approximate surface area is 113 Å². The molecule has 0 saturated heterocycles. The molecule has 1 fully saturated rings. The van der Waals surface area contributed by atoms with Crippen LogP contribution in [0.5, 0.6) is 0 Å². The molecule has 1 saturated carbocycles. The Hall–Kier alpha value is -1.90. The Morgan fingerprint density at radius 2 is 1.95 bits per heavy atom. The standard InChI is InChI=1S/C16H19N3/c1-3-14-10(2)15(17)19-16(18-14)13-7-5-4-6-12(13)11-8-9-11/h4-7,11H,3,8-9H2,1-2H3,(H2,17,18,19). The van der Waals surface area contributed by atoms with Crippen molar-refractivity contribution in [3.05, 3.63) is 41.1 Å². The summed E-state index contributed by atoms with van der Waals surface area (Å²) in [6.45, 7) is 4.09. The molecular formula is C16H19N3. The maximum atomic E-state index is 6.03. The van der Waals surface area contributed by atoms with E-state index in [-0.39, 0.29) is 0 Å². The highest BCUT2D eigenvalue weighted by Crippen LogP contribution is 2.43. The fourth-order valence-electron chi connectivity index (χ4n) is 2.50. The van der Waals surface area contributed by atoms with E-state index >= 15 is 0 Å². The Balaban J connectivity index is 2.14. The van der Waals surface area contributed by atoms with Crippen molar-refractivity contribution in [2.24, 2.45) is 0 Å². The predicted octanol–water partition coefficient (Wildman–Crippen LogP) is 3.47. The van der Waals surface area contributed by atoms with Crippen molar-refractivity contribution in [2.45, 2.75) is 39.0 Å². The van der Waals surface area contributed by atoms with Crippen LogP contribution >= 0.6 is 0 Å². The predicted molar refractivity (Wildman–Crippen MR) is 78.0 cm³/mol. The van der Waals surface area contributed by atoms with Gasteiger partial charge in [-0.3, -0.25) is 0 Å². The molecule has 2 N–H and O–H groups in total. The SMILES string of the molecule is CCc1nc(-c2ccccc2C2CC2)nc(N)c1C. The summed E-state index contributed by atoms with van der Waals surface area (Å²) in [6, 6.07) is 8.44. The van der Waals surface area contributed by atoms with Gasteiger partial charge in [0.05, 0.1) is 0 Å². The number of nitrogen functional groups attached to an aromatic ring is 1. The lowest BCUT2D eigenvalue weighted by molar-refractivity contribution is 0.977. The topological polar surface area (TPSA) is 51.8 Å². The zero-order valence-electron chi connectivity index (χ0n) is 11.5. The van der Waals surface area contributed by atoms with Crippen LogP contribution in [-0.2, 0) is 6.42 Å². The molecule has 1 aromatic heterocycles. The minimum absolute atomic E-state index is 0.604. The van der Waals surface area contributed by atoms with Gasteiger partial charge in [0, 0.05) is 16.8 Å². The molecule has 19 heavy (non-hydrogen) atoms. The van der Waals surface area contributed by atoms with Crippen LogP contribution in [0.15, 0.2) is 24.3 Å². The van der Waals surface area contributed by atoms with E-state index in [4.69, 9.17) is 10.7 Å². The normalized spacial score (nSPS) is 14.6. The van der Waals surface area contributed by atoms with E-state index in [1.165, 1.54) is 18.4 Å². The fourth-order valence-corrected chi connectivity index (χ4v) is 2.50. The highest BCUT2D eigenvalue weighted by Gasteiger charge is 2.27. The fraction of sp³-hybridized carbons (Fsp3) is 0.375. The van der Waals surface area contributed by atoms with E-state index in [2.05, 4.69) is 30.1 Å². The van der Waals surface area contributed by atoms with Gasteiger partial charge in [-0.15, -0.1) is 0 Å². The summed E-state index contributed by atoms with van der Waals surface area (Å²) < 4.78 is 0. The van der Waals surface area contributed by atoms with Crippen molar-refractivity contribution < 1.29 is 0 Å². The van der Waals surface area contributed by atoms with E-state index in [9.17, 15) is 0 Å². The molecule has 98 valence electrons. The van der Waals surface area contributed by atoms with Gasteiger partial charge in [0.15, 0.2) is 5.82 Å². The third-order valence-corrected chi connectivity index (χ3v) is 3.84. The van der Waals surface area contributed by atoms with Gasteiger partial charge in [0.2, 0.25) is 0 Å². The maximum Gasteiger partial charge on any atom is 0.162 e. The van der Waals surface area contributed by atoms with Crippen LogP contribution in [0, 0.1) is 6.92 Å². The number of nitrogens with zero attached hydrogens (tertiary/aromatic N) is 2. The van der Waals surface area contributed by atoms with Crippen LogP contribution in [0.3, 0.4) is 0 Å². The van der Waals surface area contributed by atoms with Gasteiger partial charge in [-0.25, -0.2) is 9.97 Å². The molecule has 3 nitrogen and oxygen atoms in total. The molecule has 1 aliphatic rings. The molecule has 0 unspecified atom stereocenters. The first-order valence-corrected chi connectivity index (χ1v) is 6.93. The average Bonchev–Trinajstić information content (AvgIpc) is 3.26. The molecule has 3 heteroatoms. The van der Waals surface area contributed by atoms with E-state index in [1.54, 1.807) is 0 Å². The lowest BCUT2D eigenvalue weighted by atomic mass is 10.0. The molecule has 1 aliphatic carbocycles. The molecule has 2 aromatic rings. The Morgan fingerprint density at radius 1 is 1.21 bits per heavy atom. The number of aromatic nitrogens is 2. The van der Waals surface area contributed by atoms with Crippen LogP contribution in [0.25, 0.3) is 11.4 Å². The molecule has 0 spiro atoms. The smallest absolute Gasteiger partial charge is 0.162 e. The lowest BCUT2D eigenvalue weighted by Gasteiger charge is -2.11. The molecule has 0 atom stereocenters. The Bertz CT molecular complexity index is 615. The van der Waals surface area contributed by atoms with E-state index in [1.807, 2.05) is 13.0 Å². The molecule has 0 aliphatic heterocycles. The van der Waals surface area contributed by atoms with Gasteiger partial charge >= 0.3 is 0 Å². The molecule has 1 aromatic carbocycles. The monoisotopic (exact) mass is 253 g/mol. The summed E-state index contributed by atoms with van der Waals surface area (Å²) in [5, 5.41) is 0. The zero-order chi connectivity index (χ0) is 13.4. The van der Waals surface area contributed by atoms with E-state index in [0.717, 1.165) is 29.1 Å². The highest BCUT2D eigenvalue weighted by atomic mass is 15.0. The van der Waals surface area contributed by atoms with Crippen molar-refractivity contribution in [1.82, 2.24) is 9.97 Å². The van der Waals surface area contributed by atoms with Gasteiger partial charge in [0.25, 0.3) is 0 Å². The number of aryl methyl sites for hydroxylation is 1. The van der Waals surface area contributed by atoms with Crippen molar-refractivity contribution in [3.63, 3.8) is 0 Å². The second-order valence-corrected chi connectivity index (χ2v) is 5.22. The maximum absolute atomic E-state index is 6.03. The van der Waals surface area contributed by atoms with Crippen molar-refractivity contribution in [3.8, 4) is 11.4 Å². The van der Waals surface area contributed by atoms with Crippen LogP contribution in [-0.4, -0.2) is 9.97 Å². The first-order chi connectivity index (χ1) is 9.20. The summed E-state index contributed by atoms with van der Waals surface area (Å²) in [5.41, 5.74) is 10.6. The summed E-state index contributed by atoms with van der Waals surface area (Å²) >= 11 is 0. The van der Waals surface area contributed by atoms with Crippen molar-refractivity contribution in [2.75, 3.05) is 5.73 Å². The second kappa shape index (κ2) is 4.65. The number of anilines is 1. The van der Waals surface area contributed by atoms with Crippen LogP contribution in [0.4, 0.5) is 5.82 Å². The number of benzene rings is 1. The first-order valence-electron chi connectivity index (χ1n) is 6.93. The third kappa shape index (κ3) is 2.21. The van der Waals surface area contributed by atoms with E-state index < -0.39 is 0 Å². The highest BCUT2D eigenvalue weighted by molar-refractivity contribution is 5.64. The van der Waals surface area contributed by atoms with E-state index in [0.29, 0.717) is 11.7 Å². The zero-order valence-corrected chi connectivity index (χ0v) is 11.5. The molecule has 1 heterocycles. The molecule has 3 rings (SSSR count). The summed E-state index contributed by atoms with van der Waals surface area (Å²) in [4.78, 5) is 9.19. The Morgan fingerprint density at radius 3 is 2.63 bits per heavy atom. The number of hydrogen-bond donors (Lipinski definition) is 1. The van der Waals surface area contributed by atoms with Crippen molar-refractivity contribution in [1.29, 1.82) is 0 Å². The molecule has 0 amide bonds. The lowest BCUT2D eigenvalue weighted by Crippen LogP contribution is -2.05. The largest absolute Gasteiger partial charge is 0.383 e. The minimum atomic E-state index is 0.604. The van der Waals surface area contributed by atoms with Gasteiger partial charge < -0.3 is 5.73 Å². The summed E-state index contributed by atoms with van der Waals surface area (Å²) in [7, 11) is 0. The van der Waals surface area contributed by atoms with Crippen LogP contribution in [0.2, 0.25) is 0 Å². The third-order valence-electron chi connectivity index (χ3n) is 3.84. The van der Waals surface area contributed by atoms with Gasteiger partial charge in [-0.05, 0) is 37.7 Å². The number of hydrogen-bond acceptors (Lipinski definition) is 3. The summed E-state index contributed by atoms with van der Waals surface area (Å²) in [5.74, 6) is 2.07. The number of nitrogens with two attached hydrogens (primary N) is 1. The molecule has 0 bridgehead atoms. The van der Waals surface area contributed by atoms with Crippen LogP contribution in [0.1, 0.15) is 42.5 Å². The molecular weight excluding hydrogens is 234 g/mol. The first kappa shape index (κ1) is 12.2. The van der Waals surface area contributed by atoms with Gasteiger partial charge in [-0.2, -0.15) is 0 Å². The van der Waals surface area contributed by atoms with Gasteiger partial charge in [0.1, 0.15) is 5.82 Å². The van der Waals surface area contributed by atoms with Crippen LogP contribution < -0.4 is 5.73 Å². The second-order valence-electron chi connectivity index (χ2n) is 5.22. The average molecular weight is 253 g/mol. The van der Waals surface area contributed by atoms with Crippen molar-refractivity contribution >= 4 is 5.82 Å². The number of rotatable bonds is 3.